The summed E-state index contributed by atoms with van der Waals surface area (Å²) in [5, 5.41) is 10.5. The highest BCUT2D eigenvalue weighted by Crippen LogP contribution is 2.46. The number of aliphatic hydroxyl groups is 1. The topological polar surface area (TPSA) is 57.2 Å². The molecule has 0 aromatic carbocycles. The van der Waals surface area contributed by atoms with Gasteiger partial charge in [0.05, 0.1) is 12.9 Å². The van der Waals surface area contributed by atoms with Crippen LogP contribution in [0.5, 0.6) is 0 Å². The number of aliphatic hydroxyl groups excluding tert-OH is 1. The molecule has 1 N–H and O–H groups in total. The summed E-state index contributed by atoms with van der Waals surface area (Å²) < 4.78 is 26.1. The number of hydrogen-bond acceptors (Lipinski definition) is 5. The van der Waals surface area contributed by atoms with E-state index in [1.54, 1.807) is 12.3 Å². The van der Waals surface area contributed by atoms with Crippen LogP contribution in [0, 0.1) is 0 Å². The summed E-state index contributed by atoms with van der Waals surface area (Å²) in [6.07, 6.45) is 1.80. The van der Waals surface area contributed by atoms with E-state index in [1.807, 2.05) is 0 Å². The van der Waals surface area contributed by atoms with Crippen molar-refractivity contribution in [1.82, 2.24) is 0 Å². The molecule has 1 saturated heterocycles. The molecule has 3 atom stereocenters. The van der Waals surface area contributed by atoms with Gasteiger partial charge < -0.3 is 22.8 Å². The van der Waals surface area contributed by atoms with Crippen molar-refractivity contribution in [3.05, 3.63) is 12.3 Å². The molecule has 0 amide bonds. The lowest BCUT2D eigenvalue weighted by Crippen LogP contribution is -2.67. The van der Waals surface area contributed by atoms with Gasteiger partial charge in [-0.3, -0.25) is 0 Å². The van der Waals surface area contributed by atoms with Gasteiger partial charge in [0.15, 0.2) is 0 Å². The molecule has 0 aromatic heterocycles. The maximum absolute atomic E-state index is 10.5. The normalized spacial score (nSPS) is 31.8. The molecule has 1 fully saturated rings. The summed E-state index contributed by atoms with van der Waals surface area (Å²) in [7, 11) is -5.20. The second-order valence-electron chi connectivity index (χ2n) is 8.55. The van der Waals surface area contributed by atoms with Crippen LogP contribution in [-0.4, -0.2) is 47.1 Å². The standard InChI is InChI=1S/C18H36O5Si2/c1-12(2)24(13(3)4)21-11-17-18(16(19)9-10-20-17)22-25(23-24,14(5)6)15(7)8/h9-10,12-19H,11H2,1-8H3/t16-,17-,18+/m1/s1. The van der Waals surface area contributed by atoms with Crippen LogP contribution >= 0.6 is 0 Å². The predicted molar refractivity (Wildman–Crippen MR) is 104 cm³/mol. The zero-order valence-electron chi connectivity index (χ0n) is 17.0. The highest BCUT2D eigenvalue weighted by Gasteiger charge is 2.59. The van der Waals surface area contributed by atoms with Crippen LogP contribution in [0.15, 0.2) is 12.3 Å². The molecule has 2 rings (SSSR count). The van der Waals surface area contributed by atoms with Gasteiger partial charge in [0, 0.05) is 0 Å². The third-order valence-corrected chi connectivity index (χ3v) is 15.8. The fourth-order valence-corrected chi connectivity index (χ4v) is 15.3. The maximum Gasteiger partial charge on any atom is 0.335 e. The minimum atomic E-state index is -2.67. The van der Waals surface area contributed by atoms with Crippen molar-refractivity contribution >= 4 is 17.1 Å². The molecule has 0 aliphatic carbocycles. The van der Waals surface area contributed by atoms with Crippen molar-refractivity contribution in [2.45, 2.75) is 95.9 Å². The molecule has 2 heterocycles. The molecule has 2 aliphatic rings. The second kappa shape index (κ2) is 7.82. The van der Waals surface area contributed by atoms with Gasteiger partial charge in [-0.2, -0.15) is 0 Å². The molecular weight excluding hydrogens is 352 g/mol. The number of hydrogen-bond donors (Lipinski definition) is 1. The number of rotatable bonds is 4. The molecule has 0 saturated carbocycles. The van der Waals surface area contributed by atoms with E-state index in [1.165, 1.54) is 0 Å². The van der Waals surface area contributed by atoms with Crippen molar-refractivity contribution in [3.63, 3.8) is 0 Å². The van der Waals surface area contributed by atoms with E-state index in [0.717, 1.165) is 0 Å². The molecular formula is C18H36O5Si2. The Hall–Kier alpha value is -0.186. The summed E-state index contributed by atoms with van der Waals surface area (Å²) in [6.45, 7) is 17.9. The Morgan fingerprint density at radius 3 is 1.88 bits per heavy atom. The molecule has 5 nitrogen and oxygen atoms in total. The Morgan fingerprint density at radius 1 is 0.880 bits per heavy atom. The Kier molecular flexibility index (Phi) is 6.60. The lowest BCUT2D eigenvalue weighted by molar-refractivity contribution is -0.0929. The third-order valence-electron chi connectivity index (χ3n) is 5.56. The Balaban J connectivity index is 2.54. The Morgan fingerprint density at radius 2 is 1.40 bits per heavy atom. The average molecular weight is 389 g/mol. The molecule has 0 aromatic rings. The fourth-order valence-electron chi connectivity index (χ4n) is 4.05. The lowest BCUT2D eigenvalue weighted by atomic mass is 10.1. The van der Waals surface area contributed by atoms with Gasteiger partial charge in [0.1, 0.15) is 18.3 Å². The van der Waals surface area contributed by atoms with Crippen LogP contribution in [0.3, 0.4) is 0 Å². The molecule has 0 unspecified atom stereocenters. The quantitative estimate of drug-likeness (QED) is 0.731. The first-order valence-electron chi connectivity index (χ1n) is 9.59. The van der Waals surface area contributed by atoms with E-state index >= 15 is 0 Å². The Labute approximate surface area is 155 Å². The van der Waals surface area contributed by atoms with Gasteiger partial charge in [0.2, 0.25) is 0 Å². The number of ether oxygens (including phenoxy) is 1. The minimum absolute atomic E-state index is 0.248. The summed E-state index contributed by atoms with van der Waals surface area (Å²) in [5.41, 5.74) is 1.11. The molecule has 25 heavy (non-hydrogen) atoms. The average Bonchev–Trinajstić information content (AvgIpc) is 2.48. The van der Waals surface area contributed by atoms with E-state index < -0.39 is 29.3 Å². The van der Waals surface area contributed by atoms with Crippen molar-refractivity contribution in [2.24, 2.45) is 0 Å². The largest absolute Gasteiger partial charge is 0.493 e. The smallest absolute Gasteiger partial charge is 0.335 e. The monoisotopic (exact) mass is 388 g/mol. The van der Waals surface area contributed by atoms with Crippen LogP contribution in [0.4, 0.5) is 0 Å². The highest BCUT2D eigenvalue weighted by molar-refractivity contribution is 6.83. The molecule has 7 heteroatoms. The van der Waals surface area contributed by atoms with E-state index in [2.05, 4.69) is 55.4 Å². The van der Waals surface area contributed by atoms with Crippen molar-refractivity contribution < 1.29 is 22.8 Å². The van der Waals surface area contributed by atoms with Crippen LogP contribution in [-0.2, 0) is 17.7 Å². The van der Waals surface area contributed by atoms with Crippen molar-refractivity contribution in [2.75, 3.05) is 6.61 Å². The van der Waals surface area contributed by atoms with Crippen LogP contribution in [0.2, 0.25) is 22.2 Å². The highest BCUT2D eigenvalue weighted by atomic mass is 28.5. The van der Waals surface area contributed by atoms with Crippen LogP contribution in [0.1, 0.15) is 55.4 Å². The molecule has 0 bridgehead atoms. The molecule has 146 valence electrons. The van der Waals surface area contributed by atoms with Gasteiger partial charge in [-0.05, 0) is 28.2 Å². The van der Waals surface area contributed by atoms with Gasteiger partial charge >= 0.3 is 17.1 Å². The number of fused-ring (bicyclic) bond motifs is 1. The van der Waals surface area contributed by atoms with Gasteiger partial charge in [0.25, 0.3) is 0 Å². The lowest BCUT2D eigenvalue weighted by Gasteiger charge is -2.52. The van der Waals surface area contributed by atoms with Crippen molar-refractivity contribution in [1.29, 1.82) is 0 Å². The first-order valence-corrected chi connectivity index (χ1v) is 13.5. The third kappa shape index (κ3) is 3.77. The summed E-state index contributed by atoms with van der Waals surface area (Å²) >= 11 is 0. The van der Waals surface area contributed by atoms with Crippen LogP contribution < -0.4 is 0 Å². The minimum Gasteiger partial charge on any atom is -0.493 e. The van der Waals surface area contributed by atoms with Gasteiger partial charge in [-0.1, -0.05) is 55.4 Å². The van der Waals surface area contributed by atoms with Crippen LogP contribution in [0.25, 0.3) is 0 Å². The molecule has 0 spiro atoms. The summed E-state index contributed by atoms with van der Waals surface area (Å²) in [6, 6.07) is 0. The van der Waals surface area contributed by atoms with Crippen molar-refractivity contribution in [3.8, 4) is 0 Å². The molecule has 0 radical (unpaired) electrons. The maximum atomic E-state index is 10.5. The SMILES string of the molecule is CC(C)[Si]1(C(C)C)OC[C@H]2OC=C[C@@H](O)[C@@H]2O[Si](C(C)C)(C(C)C)O1. The van der Waals surface area contributed by atoms with E-state index in [-0.39, 0.29) is 17.2 Å². The molecule has 2 aliphatic heterocycles. The summed E-state index contributed by atoms with van der Waals surface area (Å²) in [4.78, 5) is 0. The Bertz CT molecular complexity index is 462. The first kappa shape index (κ1) is 21.1. The van der Waals surface area contributed by atoms with Gasteiger partial charge in [-0.15, -0.1) is 0 Å². The zero-order chi connectivity index (χ0) is 19.0. The van der Waals surface area contributed by atoms with E-state index in [9.17, 15) is 5.11 Å². The fraction of sp³-hybridized carbons (Fsp3) is 0.889. The first-order chi connectivity index (χ1) is 11.6. The zero-order valence-corrected chi connectivity index (χ0v) is 19.0. The summed E-state index contributed by atoms with van der Waals surface area (Å²) in [5.74, 6) is 0. The predicted octanol–water partition coefficient (Wildman–Crippen LogP) is 4.22. The second-order valence-corrected chi connectivity index (χ2v) is 17.4. The van der Waals surface area contributed by atoms with E-state index in [4.69, 9.17) is 17.7 Å². The van der Waals surface area contributed by atoms with Gasteiger partial charge in [-0.25, -0.2) is 0 Å². The van der Waals surface area contributed by atoms with E-state index in [0.29, 0.717) is 17.7 Å².